The topological polar surface area (TPSA) is 35.0 Å². The standard InChI is InChI=1S/C11H12Cl2N2OS/c1-4-16-11(2,3)9-8-6(5-7(12)17-8)14-10(13)15-9/h5H,4H2,1-3H3. The quantitative estimate of drug-likeness (QED) is 0.792. The van der Waals surface area contributed by atoms with E-state index in [9.17, 15) is 0 Å². The van der Waals surface area contributed by atoms with Gasteiger partial charge in [-0.05, 0) is 38.4 Å². The van der Waals surface area contributed by atoms with Crippen LogP contribution < -0.4 is 0 Å². The predicted molar refractivity (Wildman–Crippen MR) is 72.1 cm³/mol. The number of thiophene rings is 1. The normalized spacial score (nSPS) is 12.3. The molecule has 0 saturated heterocycles. The van der Waals surface area contributed by atoms with Crippen molar-refractivity contribution in [3.8, 4) is 0 Å². The van der Waals surface area contributed by atoms with E-state index < -0.39 is 5.60 Å². The largest absolute Gasteiger partial charge is 0.369 e. The highest BCUT2D eigenvalue weighted by molar-refractivity contribution is 7.22. The fourth-order valence-electron chi connectivity index (χ4n) is 1.71. The van der Waals surface area contributed by atoms with Crippen molar-refractivity contribution < 1.29 is 4.74 Å². The Balaban J connectivity index is 2.66. The second-order valence-electron chi connectivity index (χ2n) is 4.05. The Morgan fingerprint density at radius 2 is 2.06 bits per heavy atom. The van der Waals surface area contributed by atoms with Crippen molar-refractivity contribution in [3.63, 3.8) is 0 Å². The molecular weight excluding hydrogens is 279 g/mol. The van der Waals surface area contributed by atoms with Gasteiger partial charge in [0.2, 0.25) is 5.28 Å². The first-order valence-corrected chi connectivity index (χ1v) is 6.78. The molecule has 0 aliphatic rings. The predicted octanol–water partition coefficient (Wildman–Crippen LogP) is 4.27. The van der Waals surface area contributed by atoms with Crippen molar-refractivity contribution in [2.75, 3.05) is 6.61 Å². The van der Waals surface area contributed by atoms with Gasteiger partial charge in [-0.2, -0.15) is 0 Å². The molecule has 92 valence electrons. The molecule has 2 aromatic heterocycles. The van der Waals surface area contributed by atoms with Crippen LogP contribution in [0, 0.1) is 0 Å². The van der Waals surface area contributed by atoms with Crippen LogP contribution in [0.3, 0.4) is 0 Å². The molecule has 0 bridgehead atoms. The van der Waals surface area contributed by atoms with Crippen molar-refractivity contribution in [2.24, 2.45) is 0 Å². The lowest BCUT2D eigenvalue weighted by atomic mass is 10.0. The SMILES string of the molecule is CCOC(C)(C)c1nc(Cl)nc2cc(Cl)sc12. The summed E-state index contributed by atoms with van der Waals surface area (Å²) in [7, 11) is 0. The van der Waals surface area contributed by atoms with Crippen LogP contribution in [0.4, 0.5) is 0 Å². The number of aromatic nitrogens is 2. The van der Waals surface area contributed by atoms with Gasteiger partial charge in [0.15, 0.2) is 0 Å². The van der Waals surface area contributed by atoms with Gasteiger partial charge in [-0.25, -0.2) is 9.97 Å². The van der Waals surface area contributed by atoms with E-state index in [1.165, 1.54) is 11.3 Å². The average molecular weight is 291 g/mol. The molecule has 2 rings (SSSR count). The van der Waals surface area contributed by atoms with Gasteiger partial charge in [-0.3, -0.25) is 0 Å². The third kappa shape index (κ3) is 2.55. The van der Waals surface area contributed by atoms with Crippen LogP contribution in [0.1, 0.15) is 26.5 Å². The van der Waals surface area contributed by atoms with Gasteiger partial charge in [0.25, 0.3) is 0 Å². The van der Waals surface area contributed by atoms with Gasteiger partial charge in [-0.15, -0.1) is 11.3 Å². The maximum atomic E-state index is 6.00. The third-order valence-corrected chi connectivity index (χ3v) is 3.82. The molecule has 0 fully saturated rings. The van der Waals surface area contributed by atoms with E-state index in [0.29, 0.717) is 10.9 Å². The Labute approximate surface area is 114 Å². The van der Waals surface area contributed by atoms with Crippen LogP contribution in [0.2, 0.25) is 9.62 Å². The Morgan fingerprint density at radius 3 is 2.71 bits per heavy atom. The molecule has 0 N–H and O–H groups in total. The summed E-state index contributed by atoms with van der Waals surface area (Å²) in [5.41, 5.74) is 1.04. The summed E-state index contributed by atoms with van der Waals surface area (Å²) in [6.45, 7) is 6.48. The Hall–Kier alpha value is -0.420. The van der Waals surface area contributed by atoms with Crippen LogP contribution in [0.15, 0.2) is 6.07 Å². The molecule has 3 nitrogen and oxygen atoms in total. The number of ether oxygens (including phenoxy) is 1. The van der Waals surface area contributed by atoms with E-state index >= 15 is 0 Å². The summed E-state index contributed by atoms with van der Waals surface area (Å²) in [4.78, 5) is 8.44. The number of hydrogen-bond acceptors (Lipinski definition) is 4. The summed E-state index contributed by atoms with van der Waals surface area (Å²) in [6, 6.07) is 1.79. The lowest BCUT2D eigenvalue weighted by Gasteiger charge is -2.24. The Bertz CT molecular complexity index is 554. The highest BCUT2D eigenvalue weighted by Gasteiger charge is 2.27. The summed E-state index contributed by atoms with van der Waals surface area (Å²) in [6.07, 6.45) is 0. The molecular formula is C11H12Cl2N2OS. The number of rotatable bonds is 3. The van der Waals surface area contributed by atoms with Crippen molar-refractivity contribution in [2.45, 2.75) is 26.4 Å². The molecule has 0 aliphatic carbocycles. The molecule has 0 unspecified atom stereocenters. The van der Waals surface area contributed by atoms with E-state index in [0.717, 1.165) is 15.9 Å². The smallest absolute Gasteiger partial charge is 0.223 e. The fourth-order valence-corrected chi connectivity index (χ4v) is 3.18. The highest BCUT2D eigenvalue weighted by atomic mass is 35.5. The van der Waals surface area contributed by atoms with Gasteiger partial charge in [0.1, 0.15) is 5.60 Å². The van der Waals surface area contributed by atoms with E-state index in [2.05, 4.69) is 9.97 Å². The molecule has 0 saturated carbocycles. The summed E-state index contributed by atoms with van der Waals surface area (Å²) in [5.74, 6) is 0. The highest BCUT2D eigenvalue weighted by Crippen LogP contribution is 2.36. The van der Waals surface area contributed by atoms with Crippen molar-refractivity contribution >= 4 is 44.8 Å². The van der Waals surface area contributed by atoms with Crippen LogP contribution in [-0.2, 0) is 10.3 Å². The van der Waals surface area contributed by atoms with E-state index in [1.54, 1.807) is 6.07 Å². The van der Waals surface area contributed by atoms with Crippen LogP contribution >= 0.6 is 34.5 Å². The van der Waals surface area contributed by atoms with Gasteiger partial charge < -0.3 is 4.74 Å². The van der Waals surface area contributed by atoms with E-state index in [-0.39, 0.29) is 5.28 Å². The number of hydrogen-bond donors (Lipinski definition) is 0. The maximum absolute atomic E-state index is 6.00. The van der Waals surface area contributed by atoms with Gasteiger partial charge in [-0.1, -0.05) is 11.6 Å². The Kier molecular flexibility index (Phi) is 3.59. The Morgan fingerprint density at radius 1 is 1.35 bits per heavy atom. The van der Waals surface area contributed by atoms with Crippen molar-refractivity contribution in [3.05, 3.63) is 21.4 Å². The summed E-state index contributed by atoms with van der Waals surface area (Å²) in [5, 5.41) is 0.217. The molecule has 0 amide bonds. The molecule has 2 heterocycles. The molecule has 0 aliphatic heterocycles. The second-order valence-corrected chi connectivity index (χ2v) is 6.07. The van der Waals surface area contributed by atoms with Crippen LogP contribution in [0.5, 0.6) is 0 Å². The molecule has 0 spiro atoms. The first-order valence-electron chi connectivity index (χ1n) is 5.21. The number of fused-ring (bicyclic) bond motifs is 1. The minimum atomic E-state index is -0.506. The fraction of sp³-hybridized carbons (Fsp3) is 0.455. The zero-order valence-electron chi connectivity index (χ0n) is 9.75. The van der Waals surface area contributed by atoms with Crippen molar-refractivity contribution in [1.82, 2.24) is 9.97 Å². The van der Waals surface area contributed by atoms with Crippen LogP contribution in [-0.4, -0.2) is 16.6 Å². The van der Waals surface area contributed by atoms with E-state index in [4.69, 9.17) is 27.9 Å². The number of nitrogens with zero attached hydrogens (tertiary/aromatic N) is 2. The number of halogens is 2. The molecule has 0 aromatic carbocycles. The first-order chi connectivity index (χ1) is 7.94. The molecule has 6 heteroatoms. The molecule has 0 atom stereocenters. The van der Waals surface area contributed by atoms with Gasteiger partial charge >= 0.3 is 0 Å². The first kappa shape index (κ1) is 13.0. The zero-order chi connectivity index (χ0) is 12.6. The lowest BCUT2D eigenvalue weighted by molar-refractivity contribution is -0.0159. The van der Waals surface area contributed by atoms with Gasteiger partial charge in [0, 0.05) is 6.61 Å². The molecule has 2 aromatic rings. The minimum absolute atomic E-state index is 0.217. The maximum Gasteiger partial charge on any atom is 0.223 e. The average Bonchev–Trinajstić information content (AvgIpc) is 2.56. The van der Waals surface area contributed by atoms with Crippen LogP contribution in [0.25, 0.3) is 10.2 Å². The monoisotopic (exact) mass is 290 g/mol. The van der Waals surface area contributed by atoms with E-state index in [1.807, 2.05) is 20.8 Å². The molecule has 0 radical (unpaired) electrons. The summed E-state index contributed by atoms with van der Waals surface area (Å²) >= 11 is 13.4. The third-order valence-electron chi connectivity index (χ3n) is 2.39. The molecule has 17 heavy (non-hydrogen) atoms. The lowest BCUT2D eigenvalue weighted by Crippen LogP contribution is -2.23. The zero-order valence-corrected chi connectivity index (χ0v) is 12.1. The van der Waals surface area contributed by atoms with Crippen molar-refractivity contribution in [1.29, 1.82) is 0 Å². The van der Waals surface area contributed by atoms with Gasteiger partial charge in [0.05, 0.1) is 20.2 Å². The summed E-state index contributed by atoms with van der Waals surface area (Å²) < 4.78 is 7.30. The minimum Gasteiger partial charge on any atom is -0.369 e. The second kappa shape index (κ2) is 4.69.